The van der Waals surface area contributed by atoms with Crippen molar-refractivity contribution in [3.8, 4) is 11.8 Å². The second-order valence-electron chi connectivity index (χ2n) is 7.06. The number of benzene rings is 3. The van der Waals surface area contributed by atoms with Gasteiger partial charge in [0.05, 0.1) is 13.2 Å². The van der Waals surface area contributed by atoms with Gasteiger partial charge in [0.25, 0.3) is 0 Å². The van der Waals surface area contributed by atoms with E-state index in [1.165, 1.54) is 0 Å². The molecule has 4 heteroatoms. The van der Waals surface area contributed by atoms with E-state index in [-0.39, 0.29) is 11.7 Å². The van der Waals surface area contributed by atoms with Crippen LogP contribution in [0.3, 0.4) is 0 Å². The van der Waals surface area contributed by atoms with Crippen molar-refractivity contribution in [3.63, 3.8) is 0 Å². The Bertz CT molecular complexity index is 1090. The maximum Gasteiger partial charge on any atom is 0.183 e. The van der Waals surface area contributed by atoms with Crippen molar-refractivity contribution in [3.05, 3.63) is 95.6 Å². The van der Waals surface area contributed by atoms with E-state index in [1.807, 2.05) is 30.3 Å². The van der Waals surface area contributed by atoms with Crippen molar-refractivity contribution in [1.29, 1.82) is 0 Å². The summed E-state index contributed by atoms with van der Waals surface area (Å²) < 4.78 is 38.7. The molecule has 3 aromatic rings. The number of allylic oxidation sites excluding steroid dienone is 1. The molecule has 0 aromatic heterocycles. The van der Waals surface area contributed by atoms with Crippen LogP contribution in [-0.2, 0) is 9.47 Å². The van der Waals surface area contributed by atoms with E-state index in [4.69, 9.17) is 9.47 Å². The molecule has 4 rings (SSSR count). The largest absolute Gasteiger partial charge is 0.348 e. The highest BCUT2D eigenvalue weighted by atomic mass is 19.2. The highest BCUT2D eigenvalue weighted by Gasteiger charge is 2.22. The van der Waals surface area contributed by atoms with E-state index in [0.717, 1.165) is 29.2 Å². The van der Waals surface area contributed by atoms with Gasteiger partial charge in [-0.15, -0.1) is 6.58 Å². The molecule has 146 valence electrons. The fourth-order valence-electron chi connectivity index (χ4n) is 3.32. The molecule has 1 aliphatic rings. The molecule has 0 atom stereocenters. The molecule has 1 fully saturated rings. The van der Waals surface area contributed by atoms with Gasteiger partial charge in [0.1, 0.15) is 0 Å². The lowest BCUT2D eigenvalue weighted by molar-refractivity contribution is -0.204. The molecule has 1 aliphatic heterocycles. The van der Waals surface area contributed by atoms with Crippen LogP contribution in [0.1, 0.15) is 29.4 Å². The monoisotopic (exact) mass is 390 g/mol. The molecular formula is C25H20F2O2. The van der Waals surface area contributed by atoms with Crippen molar-refractivity contribution in [1.82, 2.24) is 0 Å². The molecule has 3 aromatic carbocycles. The molecule has 0 radical (unpaired) electrons. The van der Waals surface area contributed by atoms with Crippen molar-refractivity contribution >= 4 is 10.8 Å². The van der Waals surface area contributed by atoms with Gasteiger partial charge in [0, 0.05) is 28.0 Å². The molecule has 0 unspecified atom stereocenters. The smallest absolute Gasteiger partial charge is 0.183 e. The second kappa shape index (κ2) is 8.57. The Labute approximate surface area is 168 Å². The zero-order valence-electron chi connectivity index (χ0n) is 15.8. The topological polar surface area (TPSA) is 18.5 Å². The van der Waals surface area contributed by atoms with Crippen molar-refractivity contribution < 1.29 is 18.3 Å². The third-order valence-electron chi connectivity index (χ3n) is 4.91. The predicted octanol–water partition coefficient (Wildman–Crippen LogP) is 5.76. The lowest BCUT2D eigenvalue weighted by atomic mass is 10.1. The Morgan fingerprint density at radius 3 is 2.34 bits per heavy atom. The quantitative estimate of drug-likeness (QED) is 0.418. The average molecular weight is 390 g/mol. The zero-order valence-corrected chi connectivity index (χ0v) is 15.8. The Balaban J connectivity index is 1.46. The molecule has 29 heavy (non-hydrogen) atoms. The summed E-state index contributed by atoms with van der Waals surface area (Å²) in [7, 11) is 0. The highest BCUT2D eigenvalue weighted by Crippen LogP contribution is 2.26. The minimum absolute atomic E-state index is 0.253. The number of halogens is 2. The number of hydrogen-bond donors (Lipinski definition) is 0. The number of rotatable bonds is 3. The summed E-state index contributed by atoms with van der Waals surface area (Å²) in [5, 5.41) is 0.870. The van der Waals surface area contributed by atoms with Crippen LogP contribution in [0.25, 0.3) is 10.8 Å². The first-order chi connectivity index (χ1) is 14.1. The fourth-order valence-corrected chi connectivity index (χ4v) is 3.32. The average Bonchev–Trinajstić information content (AvgIpc) is 2.76. The Morgan fingerprint density at radius 1 is 0.931 bits per heavy atom. The van der Waals surface area contributed by atoms with E-state index in [9.17, 15) is 8.78 Å². The van der Waals surface area contributed by atoms with Gasteiger partial charge in [-0.1, -0.05) is 42.2 Å². The van der Waals surface area contributed by atoms with Crippen molar-refractivity contribution in [2.45, 2.75) is 12.7 Å². The first-order valence-corrected chi connectivity index (χ1v) is 9.48. The van der Waals surface area contributed by atoms with Crippen LogP contribution in [0.15, 0.2) is 67.3 Å². The molecule has 0 aliphatic carbocycles. The lowest BCUT2D eigenvalue weighted by Gasteiger charge is -2.29. The molecule has 2 nitrogen and oxygen atoms in total. The van der Waals surface area contributed by atoms with E-state index in [2.05, 4.69) is 18.4 Å². The van der Waals surface area contributed by atoms with Gasteiger partial charge < -0.3 is 9.47 Å². The van der Waals surface area contributed by atoms with Gasteiger partial charge in [-0.3, -0.25) is 0 Å². The SMILES string of the molecule is C=CCC1COC(c2ccc(C#Cc3ccc4c(F)c(F)ccc4c3)cc2)OC1. The zero-order chi connectivity index (χ0) is 20.2. The van der Waals surface area contributed by atoms with E-state index in [0.29, 0.717) is 24.5 Å². The Hall–Kier alpha value is -3.00. The molecule has 0 amide bonds. The summed E-state index contributed by atoms with van der Waals surface area (Å²) >= 11 is 0. The van der Waals surface area contributed by atoms with Crippen molar-refractivity contribution in [2.24, 2.45) is 5.92 Å². The van der Waals surface area contributed by atoms with Crippen LogP contribution in [0.5, 0.6) is 0 Å². The summed E-state index contributed by atoms with van der Waals surface area (Å²) in [5.74, 6) is 4.84. The first-order valence-electron chi connectivity index (χ1n) is 9.48. The Morgan fingerprint density at radius 2 is 1.62 bits per heavy atom. The molecule has 0 bridgehead atoms. The van der Waals surface area contributed by atoms with E-state index >= 15 is 0 Å². The number of fused-ring (bicyclic) bond motifs is 1. The second-order valence-corrected chi connectivity index (χ2v) is 7.06. The van der Waals surface area contributed by atoms with Gasteiger partial charge in [-0.2, -0.15) is 0 Å². The Kier molecular flexibility index (Phi) is 5.71. The normalized spacial score (nSPS) is 18.8. The summed E-state index contributed by atoms with van der Waals surface area (Å²) in [6.45, 7) is 5.06. The molecule has 1 heterocycles. The molecule has 0 N–H and O–H groups in total. The summed E-state index contributed by atoms with van der Waals surface area (Å²) in [6, 6.07) is 15.4. The summed E-state index contributed by atoms with van der Waals surface area (Å²) in [5.41, 5.74) is 2.54. The van der Waals surface area contributed by atoms with E-state index < -0.39 is 11.6 Å². The summed E-state index contributed by atoms with van der Waals surface area (Å²) in [4.78, 5) is 0. The fraction of sp³-hybridized carbons (Fsp3) is 0.200. The van der Waals surface area contributed by atoms with Crippen LogP contribution in [0, 0.1) is 29.4 Å². The maximum absolute atomic E-state index is 13.8. The third kappa shape index (κ3) is 4.37. The van der Waals surface area contributed by atoms with Crippen LogP contribution >= 0.6 is 0 Å². The minimum atomic E-state index is -0.849. The number of hydrogen-bond acceptors (Lipinski definition) is 2. The van der Waals surface area contributed by atoms with Gasteiger partial charge >= 0.3 is 0 Å². The highest BCUT2D eigenvalue weighted by molar-refractivity contribution is 5.84. The predicted molar refractivity (Wildman–Crippen MR) is 109 cm³/mol. The molecule has 0 spiro atoms. The van der Waals surface area contributed by atoms with Crippen LogP contribution < -0.4 is 0 Å². The van der Waals surface area contributed by atoms with Crippen molar-refractivity contribution in [2.75, 3.05) is 13.2 Å². The van der Waals surface area contributed by atoms with E-state index in [1.54, 1.807) is 24.3 Å². The summed E-state index contributed by atoms with van der Waals surface area (Å²) in [6.07, 6.45) is 2.42. The van der Waals surface area contributed by atoms with Crippen LogP contribution in [0.4, 0.5) is 8.78 Å². The van der Waals surface area contributed by atoms with Gasteiger partial charge in [-0.25, -0.2) is 8.78 Å². The van der Waals surface area contributed by atoms with Gasteiger partial charge in [0.2, 0.25) is 0 Å². The first kappa shape index (κ1) is 19.3. The minimum Gasteiger partial charge on any atom is -0.348 e. The van der Waals surface area contributed by atoms with Gasteiger partial charge in [-0.05, 0) is 42.1 Å². The lowest BCUT2D eigenvalue weighted by Crippen LogP contribution is -2.26. The maximum atomic E-state index is 13.8. The molecular weight excluding hydrogens is 370 g/mol. The van der Waals surface area contributed by atoms with Crippen LogP contribution in [0.2, 0.25) is 0 Å². The third-order valence-corrected chi connectivity index (χ3v) is 4.91. The standard InChI is InChI=1S/C25H20F2O2/c1-2-3-19-15-28-25(29-16-19)20-9-6-17(7-10-20)4-5-18-8-12-22-21(14-18)11-13-23(26)24(22)27/h2,6-14,19,25H,1,3,15-16H2. The van der Waals surface area contributed by atoms with Crippen LogP contribution in [-0.4, -0.2) is 13.2 Å². The molecule has 0 saturated carbocycles. The molecule has 1 saturated heterocycles. The number of ether oxygens (including phenoxy) is 2. The van der Waals surface area contributed by atoms with Gasteiger partial charge in [0.15, 0.2) is 17.9 Å².